The first-order valence-electron chi connectivity index (χ1n) is 8.68. The SMILES string of the molecule is O=C(c1ccccc1Br)N1CCCCC1c1nc(-c2ccccc2)no1. The first-order valence-corrected chi connectivity index (χ1v) is 9.48. The molecule has 132 valence electrons. The Morgan fingerprint density at radius 2 is 1.85 bits per heavy atom. The summed E-state index contributed by atoms with van der Waals surface area (Å²) in [5.74, 6) is 1.05. The van der Waals surface area contributed by atoms with Crippen LogP contribution in [0.5, 0.6) is 0 Å². The zero-order valence-electron chi connectivity index (χ0n) is 14.1. The molecule has 0 radical (unpaired) electrons. The molecule has 2 aromatic carbocycles. The van der Waals surface area contributed by atoms with E-state index in [-0.39, 0.29) is 11.9 Å². The number of halogens is 1. The van der Waals surface area contributed by atoms with Crippen molar-refractivity contribution in [3.63, 3.8) is 0 Å². The van der Waals surface area contributed by atoms with E-state index < -0.39 is 0 Å². The average Bonchev–Trinajstić information content (AvgIpc) is 3.19. The lowest BCUT2D eigenvalue weighted by molar-refractivity contribution is 0.0560. The first kappa shape index (κ1) is 17.0. The van der Waals surface area contributed by atoms with Crippen molar-refractivity contribution in [1.29, 1.82) is 0 Å². The second-order valence-corrected chi connectivity index (χ2v) is 7.17. The molecular formula is C20H18BrN3O2. The number of likely N-dealkylation sites (tertiary alicyclic amines) is 1. The second kappa shape index (κ2) is 7.41. The normalized spacial score (nSPS) is 17.3. The highest BCUT2D eigenvalue weighted by Crippen LogP contribution is 2.33. The van der Waals surface area contributed by atoms with E-state index in [1.54, 1.807) is 0 Å². The molecule has 1 unspecified atom stereocenters. The van der Waals surface area contributed by atoms with Gasteiger partial charge in [0.05, 0.1) is 5.56 Å². The molecule has 1 aliphatic rings. The van der Waals surface area contributed by atoms with Crippen LogP contribution in [0, 0.1) is 0 Å². The Bertz CT molecular complexity index is 910. The van der Waals surface area contributed by atoms with Crippen molar-refractivity contribution < 1.29 is 9.32 Å². The van der Waals surface area contributed by atoms with E-state index in [0.717, 1.165) is 29.3 Å². The van der Waals surface area contributed by atoms with Crippen molar-refractivity contribution in [2.45, 2.75) is 25.3 Å². The molecular weight excluding hydrogens is 394 g/mol. The zero-order chi connectivity index (χ0) is 17.9. The highest BCUT2D eigenvalue weighted by atomic mass is 79.9. The summed E-state index contributed by atoms with van der Waals surface area (Å²) < 4.78 is 6.33. The van der Waals surface area contributed by atoms with Crippen LogP contribution in [0.15, 0.2) is 63.6 Å². The van der Waals surface area contributed by atoms with Gasteiger partial charge in [0.2, 0.25) is 11.7 Å². The van der Waals surface area contributed by atoms with Crippen molar-refractivity contribution in [1.82, 2.24) is 15.0 Å². The Balaban J connectivity index is 1.63. The van der Waals surface area contributed by atoms with Crippen LogP contribution in [-0.2, 0) is 0 Å². The summed E-state index contributed by atoms with van der Waals surface area (Å²) in [6.45, 7) is 0.688. The third kappa shape index (κ3) is 3.29. The quantitative estimate of drug-likeness (QED) is 0.616. The van der Waals surface area contributed by atoms with E-state index >= 15 is 0 Å². The van der Waals surface area contributed by atoms with Crippen molar-refractivity contribution in [2.24, 2.45) is 0 Å². The van der Waals surface area contributed by atoms with E-state index in [9.17, 15) is 4.79 Å². The Hall–Kier alpha value is -2.47. The molecule has 0 bridgehead atoms. The number of hydrogen-bond acceptors (Lipinski definition) is 4. The molecule has 1 aliphatic heterocycles. The van der Waals surface area contributed by atoms with Gasteiger partial charge in [-0.1, -0.05) is 47.6 Å². The van der Waals surface area contributed by atoms with Gasteiger partial charge in [-0.2, -0.15) is 4.98 Å². The highest BCUT2D eigenvalue weighted by molar-refractivity contribution is 9.10. The number of hydrogen-bond donors (Lipinski definition) is 0. The lowest BCUT2D eigenvalue weighted by Gasteiger charge is -2.33. The molecule has 1 fully saturated rings. The van der Waals surface area contributed by atoms with Crippen LogP contribution >= 0.6 is 15.9 Å². The lowest BCUT2D eigenvalue weighted by Crippen LogP contribution is -2.38. The van der Waals surface area contributed by atoms with Gasteiger partial charge < -0.3 is 9.42 Å². The summed E-state index contributed by atoms with van der Waals surface area (Å²) in [5, 5.41) is 4.11. The molecule has 6 heteroatoms. The summed E-state index contributed by atoms with van der Waals surface area (Å²) in [6.07, 6.45) is 2.84. The van der Waals surface area contributed by atoms with E-state index in [0.29, 0.717) is 23.8 Å². The molecule has 1 aromatic heterocycles. The number of piperidine rings is 1. The summed E-state index contributed by atoms with van der Waals surface area (Å²) in [7, 11) is 0. The van der Waals surface area contributed by atoms with Gasteiger partial charge in [-0.05, 0) is 47.3 Å². The third-order valence-electron chi connectivity index (χ3n) is 4.63. The number of rotatable bonds is 3. The van der Waals surface area contributed by atoms with Gasteiger partial charge in [0.25, 0.3) is 5.91 Å². The molecule has 0 aliphatic carbocycles. The summed E-state index contributed by atoms with van der Waals surface area (Å²) >= 11 is 3.48. The van der Waals surface area contributed by atoms with Crippen molar-refractivity contribution in [2.75, 3.05) is 6.54 Å². The van der Waals surface area contributed by atoms with Gasteiger partial charge in [0.15, 0.2) is 0 Å². The predicted octanol–water partition coefficient (Wildman–Crippen LogP) is 4.87. The van der Waals surface area contributed by atoms with Crippen LogP contribution in [0.2, 0.25) is 0 Å². The summed E-state index contributed by atoms with van der Waals surface area (Å²) in [4.78, 5) is 19.5. The average molecular weight is 412 g/mol. The largest absolute Gasteiger partial charge is 0.337 e. The van der Waals surface area contributed by atoms with E-state index in [4.69, 9.17) is 4.52 Å². The second-order valence-electron chi connectivity index (χ2n) is 6.31. The maximum atomic E-state index is 13.1. The third-order valence-corrected chi connectivity index (χ3v) is 5.32. The summed E-state index contributed by atoms with van der Waals surface area (Å²) in [5.41, 5.74) is 1.56. The number of aromatic nitrogens is 2. The lowest BCUT2D eigenvalue weighted by atomic mass is 10.0. The van der Waals surface area contributed by atoms with Gasteiger partial charge in [0, 0.05) is 16.6 Å². The van der Waals surface area contributed by atoms with E-state index in [1.165, 1.54) is 0 Å². The fraction of sp³-hybridized carbons (Fsp3) is 0.250. The number of amides is 1. The zero-order valence-corrected chi connectivity index (χ0v) is 15.7. The van der Waals surface area contributed by atoms with Crippen LogP contribution in [0.4, 0.5) is 0 Å². The minimum Gasteiger partial charge on any atom is -0.337 e. The van der Waals surface area contributed by atoms with Crippen molar-refractivity contribution >= 4 is 21.8 Å². The molecule has 1 atom stereocenters. The summed E-state index contributed by atoms with van der Waals surface area (Å²) in [6, 6.07) is 17.0. The molecule has 5 nitrogen and oxygen atoms in total. The molecule has 26 heavy (non-hydrogen) atoms. The highest BCUT2D eigenvalue weighted by Gasteiger charge is 2.33. The van der Waals surface area contributed by atoms with Gasteiger partial charge >= 0.3 is 0 Å². The minimum absolute atomic E-state index is 0.0124. The number of carbonyl (C=O) groups excluding carboxylic acids is 1. The number of carbonyl (C=O) groups is 1. The van der Waals surface area contributed by atoms with Crippen LogP contribution in [0.1, 0.15) is 41.6 Å². The molecule has 1 amide bonds. The standard InChI is InChI=1S/C20H18BrN3O2/c21-16-11-5-4-10-15(16)20(25)24-13-7-6-12-17(24)19-22-18(23-26-19)14-8-2-1-3-9-14/h1-5,8-11,17H,6-7,12-13H2. The predicted molar refractivity (Wildman–Crippen MR) is 102 cm³/mol. The Labute approximate surface area is 160 Å². The molecule has 0 saturated carbocycles. The van der Waals surface area contributed by atoms with Crippen molar-refractivity contribution in [3.05, 3.63) is 70.5 Å². The van der Waals surface area contributed by atoms with Gasteiger partial charge in [-0.25, -0.2) is 0 Å². The first-order chi connectivity index (χ1) is 12.7. The van der Waals surface area contributed by atoms with Crippen molar-refractivity contribution in [3.8, 4) is 11.4 Å². The Morgan fingerprint density at radius 1 is 1.08 bits per heavy atom. The van der Waals surface area contributed by atoms with E-state index in [1.807, 2.05) is 59.5 Å². The minimum atomic E-state index is -0.187. The fourth-order valence-corrected chi connectivity index (χ4v) is 3.75. The van der Waals surface area contributed by atoms with Gasteiger partial charge in [0.1, 0.15) is 6.04 Å². The molecule has 1 saturated heterocycles. The van der Waals surface area contributed by atoms with Gasteiger partial charge in [-0.3, -0.25) is 4.79 Å². The maximum Gasteiger partial charge on any atom is 0.255 e. The van der Waals surface area contributed by atoms with Gasteiger partial charge in [-0.15, -0.1) is 0 Å². The van der Waals surface area contributed by atoms with Crippen LogP contribution in [-0.4, -0.2) is 27.5 Å². The Kier molecular flexibility index (Phi) is 4.84. The monoisotopic (exact) mass is 411 g/mol. The maximum absolute atomic E-state index is 13.1. The molecule has 4 rings (SSSR count). The van der Waals surface area contributed by atoms with E-state index in [2.05, 4.69) is 26.1 Å². The molecule has 2 heterocycles. The fourth-order valence-electron chi connectivity index (χ4n) is 3.30. The number of nitrogens with zero attached hydrogens (tertiary/aromatic N) is 3. The Morgan fingerprint density at radius 3 is 2.65 bits per heavy atom. The van der Waals surface area contributed by atoms with Crippen LogP contribution in [0.25, 0.3) is 11.4 Å². The van der Waals surface area contributed by atoms with Crippen LogP contribution < -0.4 is 0 Å². The topological polar surface area (TPSA) is 59.2 Å². The number of benzene rings is 2. The molecule has 3 aromatic rings. The van der Waals surface area contributed by atoms with Crippen LogP contribution in [0.3, 0.4) is 0 Å². The molecule has 0 N–H and O–H groups in total. The molecule has 0 spiro atoms. The smallest absolute Gasteiger partial charge is 0.255 e.